The van der Waals surface area contributed by atoms with Gasteiger partial charge in [-0.25, -0.2) is 19.9 Å². The second-order valence-electron chi connectivity index (χ2n) is 16.4. The minimum absolute atomic E-state index is 0.00925. The summed E-state index contributed by atoms with van der Waals surface area (Å²) in [7, 11) is 0. The molecular formula is C45H41ClF3N12+. The van der Waals surface area contributed by atoms with E-state index >= 15 is 0 Å². The van der Waals surface area contributed by atoms with Crippen LogP contribution in [0.2, 0.25) is 5.02 Å². The highest BCUT2D eigenvalue weighted by molar-refractivity contribution is 6.31. The van der Waals surface area contributed by atoms with Gasteiger partial charge in [0.25, 0.3) is 6.07 Å². The quantitative estimate of drug-likeness (QED) is 0.160. The molecule has 0 unspecified atom stereocenters. The zero-order valence-electron chi connectivity index (χ0n) is 33.2. The van der Waals surface area contributed by atoms with Crippen molar-refractivity contribution in [3.8, 4) is 12.1 Å². The summed E-state index contributed by atoms with van der Waals surface area (Å²) in [6.07, 6.45) is 5.39. The molecule has 0 radical (unpaired) electrons. The predicted octanol–water partition coefficient (Wildman–Crippen LogP) is 8.86. The van der Waals surface area contributed by atoms with Crippen LogP contribution in [0, 0.1) is 29.2 Å². The number of rotatable bonds is 6. The number of hydrogen-bond acceptors (Lipinski definition) is 11. The summed E-state index contributed by atoms with van der Waals surface area (Å²) in [4.78, 5) is 41.6. The SMILES string of the molecule is N#CC1CCN(c2nccnc2C2CN(c3cc(C(F)(F)F)c4ccc([N+]#CC5CCN(c6nccnc6C6CN(c7ccc8cc(Cl)ccc8n7)C6)CC5)cc4n3)C2)CC1. The molecule has 61 heavy (non-hydrogen) atoms. The Morgan fingerprint density at radius 3 is 1.85 bits per heavy atom. The molecule has 0 amide bonds. The summed E-state index contributed by atoms with van der Waals surface area (Å²) in [6, 6.07) is 21.3. The van der Waals surface area contributed by atoms with Crippen molar-refractivity contribution >= 4 is 62.4 Å². The molecule has 16 heteroatoms. The first-order valence-electron chi connectivity index (χ1n) is 20.7. The average Bonchev–Trinajstić information content (AvgIpc) is 3.24. The van der Waals surface area contributed by atoms with Crippen LogP contribution in [0.5, 0.6) is 0 Å². The molecule has 4 saturated heterocycles. The van der Waals surface area contributed by atoms with E-state index in [4.69, 9.17) is 31.5 Å². The van der Waals surface area contributed by atoms with Crippen LogP contribution in [0.15, 0.2) is 79.4 Å². The van der Waals surface area contributed by atoms with Crippen LogP contribution >= 0.6 is 11.6 Å². The lowest BCUT2D eigenvalue weighted by Crippen LogP contribution is -2.47. The van der Waals surface area contributed by atoms with Crippen LogP contribution in [-0.4, -0.2) is 82.3 Å². The molecule has 0 spiro atoms. The van der Waals surface area contributed by atoms with E-state index in [1.54, 1.807) is 36.9 Å². The van der Waals surface area contributed by atoms with Gasteiger partial charge in [0, 0.05) is 117 Å². The number of hydrogen-bond donors (Lipinski definition) is 0. The zero-order chi connectivity index (χ0) is 41.7. The third kappa shape index (κ3) is 7.79. The molecule has 0 N–H and O–H groups in total. The Labute approximate surface area is 355 Å². The van der Waals surface area contributed by atoms with E-state index in [2.05, 4.69) is 47.7 Å². The summed E-state index contributed by atoms with van der Waals surface area (Å²) in [5.41, 5.74) is 2.74. The van der Waals surface area contributed by atoms with Gasteiger partial charge >= 0.3 is 11.9 Å². The predicted molar refractivity (Wildman–Crippen MR) is 230 cm³/mol. The first kappa shape index (κ1) is 38.9. The highest BCUT2D eigenvalue weighted by atomic mass is 35.5. The number of nitriles is 1. The molecule has 0 bridgehead atoms. The monoisotopic (exact) mass is 841 g/mol. The van der Waals surface area contributed by atoms with Crippen LogP contribution in [0.1, 0.15) is 54.5 Å². The standard InChI is InChI=1S/C45H41ClF3N12/c46-33-2-5-37-30(19-33)1-6-39(56-37)60-24-31(25-60)41-44(54-14-11-51-41)59-17-9-29(10-18-59)23-55-34-3-4-35-36(45(47,48)49)21-40(57-38(35)20-34)61-26-32(27-61)42-43(53-13-12-52-42)58-15-7-28(22-50)8-16-58/h1-6,11-14,19-21,28-29,31-32H,7-10,15-18,24-27H2/q+1. The maximum atomic E-state index is 14.5. The first-order valence-corrected chi connectivity index (χ1v) is 21.1. The number of alkyl halides is 3. The molecule has 12 nitrogen and oxygen atoms in total. The number of halogens is 4. The molecule has 10 rings (SSSR count). The van der Waals surface area contributed by atoms with Crippen molar-refractivity contribution in [2.75, 3.05) is 72.0 Å². The fraction of sp³-hybridized carbons (Fsp3) is 0.378. The van der Waals surface area contributed by atoms with Gasteiger partial charge in [-0.3, -0.25) is 9.97 Å². The number of benzene rings is 2. The fourth-order valence-electron chi connectivity index (χ4n) is 8.96. The molecule has 0 aliphatic carbocycles. The van der Waals surface area contributed by atoms with Gasteiger partial charge in [0.05, 0.1) is 46.0 Å². The largest absolute Gasteiger partial charge is 0.417 e. The Morgan fingerprint density at radius 1 is 0.639 bits per heavy atom. The minimum atomic E-state index is -4.57. The Bertz CT molecular complexity index is 2720. The van der Waals surface area contributed by atoms with Gasteiger partial charge in [-0.15, -0.1) is 0 Å². The van der Waals surface area contributed by atoms with Gasteiger partial charge in [-0.05, 0) is 73.0 Å². The molecule has 4 aliphatic rings. The minimum Gasteiger partial charge on any atom is -0.355 e. The average molecular weight is 842 g/mol. The van der Waals surface area contributed by atoms with Crippen molar-refractivity contribution in [2.24, 2.45) is 11.8 Å². The summed E-state index contributed by atoms with van der Waals surface area (Å²) < 4.78 is 43.4. The van der Waals surface area contributed by atoms with E-state index in [0.29, 0.717) is 23.8 Å². The number of anilines is 4. The number of pyridine rings is 2. The van der Waals surface area contributed by atoms with E-state index in [1.165, 1.54) is 6.07 Å². The third-order valence-corrected chi connectivity index (χ3v) is 12.7. The van der Waals surface area contributed by atoms with Gasteiger partial charge in [0.1, 0.15) is 11.6 Å². The summed E-state index contributed by atoms with van der Waals surface area (Å²) in [5, 5.41) is 11.1. The van der Waals surface area contributed by atoms with E-state index in [1.807, 2.05) is 29.2 Å². The van der Waals surface area contributed by atoms with Gasteiger partial charge in [-0.2, -0.15) is 18.4 Å². The summed E-state index contributed by atoms with van der Waals surface area (Å²) >= 11 is 6.16. The second-order valence-corrected chi connectivity index (χ2v) is 16.8. The topological polar surface area (TPSA) is 118 Å². The molecular weight excluding hydrogens is 801 g/mol. The van der Waals surface area contributed by atoms with Crippen molar-refractivity contribution in [1.29, 1.82) is 5.26 Å². The lowest BCUT2D eigenvalue weighted by Gasteiger charge is -2.41. The van der Waals surface area contributed by atoms with Crippen molar-refractivity contribution in [2.45, 2.75) is 43.7 Å². The maximum Gasteiger partial charge on any atom is 0.417 e. The van der Waals surface area contributed by atoms with Crippen molar-refractivity contribution in [3.05, 3.63) is 106 Å². The number of aromatic nitrogens is 6. The Kier molecular flexibility index (Phi) is 10.2. The van der Waals surface area contributed by atoms with E-state index in [9.17, 15) is 18.4 Å². The van der Waals surface area contributed by atoms with Crippen LogP contribution in [0.4, 0.5) is 42.1 Å². The van der Waals surface area contributed by atoms with Gasteiger partial charge in [0.2, 0.25) is 0 Å². The van der Waals surface area contributed by atoms with E-state index in [-0.39, 0.29) is 40.4 Å². The smallest absolute Gasteiger partial charge is 0.355 e. The van der Waals surface area contributed by atoms with Crippen LogP contribution in [0.3, 0.4) is 0 Å². The Morgan fingerprint density at radius 2 is 1.23 bits per heavy atom. The third-order valence-electron chi connectivity index (χ3n) is 12.5. The molecule has 4 aromatic heterocycles. The Hall–Kier alpha value is -6.32. The Balaban J connectivity index is 0.797. The summed E-state index contributed by atoms with van der Waals surface area (Å²) in [5.74, 6) is 3.23. The van der Waals surface area contributed by atoms with Crippen LogP contribution in [-0.2, 0) is 6.18 Å². The molecule has 6 aromatic rings. The molecule has 308 valence electrons. The number of nitrogens with zero attached hydrogens (tertiary/aromatic N) is 12. The molecule has 0 atom stereocenters. The van der Waals surface area contributed by atoms with Gasteiger partial charge in [0.15, 0.2) is 11.6 Å². The van der Waals surface area contributed by atoms with Crippen molar-refractivity contribution < 1.29 is 13.2 Å². The van der Waals surface area contributed by atoms with Crippen LogP contribution < -0.4 is 19.6 Å². The molecule has 8 heterocycles. The zero-order valence-corrected chi connectivity index (χ0v) is 33.9. The molecule has 0 saturated carbocycles. The normalized spacial score (nSPS) is 18.1. The van der Waals surface area contributed by atoms with E-state index < -0.39 is 11.7 Å². The van der Waals surface area contributed by atoms with Gasteiger partial charge in [-0.1, -0.05) is 11.6 Å². The fourth-order valence-corrected chi connectivity index (χ4v) is 9.14. The first-order chi connectivity index (χ1) is 29.7. The maximum absolute atomic E-state index is 14.5. The highest BCUT2D eigenvalue weighted by Crippen LogP contribution is 2.41. The van der Waals surface area contributed by atoms with Crippen LogP contribution in [0.25, 0.3) is 26.7 Å². The molecule has 4 aliphatic heterocycles. The molecule has 2 aromatic carbocycles. The van der Waals surface area contributed by atoms with Crippen molar-refractivity contribution in [3.63, 3.8) is 0 Å². The lowest BCUT2D eigenvalue weighted by molar-refractivity contribution is -0.136. The highest BCUT2D eigenvalue weighted by Gasteiger charge is 2.39. The van der Waals surface area contributed by atoms with Gasteiger partial charge < -0.3 is 19.6 Å². The number of piperidine rings is 2. The number of fused-ring (bicyclic) bond motifs is 2. The second kappa shape index (κ2) is 15.9. The van der Waals surface area contributed by atoms with Crippen molar-refractivity contribution in [1.82, 2.24) is 29.9 Å². The summed E-state index contributed by atoms with van der Waals surface area (Å²) in [6.45, 7) is 5.49. The molecule has 4 fully saturated rings. The lowest BCUT2D eigenvalue weighted by atomic mass is 9.93. The van der Waals surface area contributed by atoms with E-state index in [0.717, 1.165) is 111 Å².